The van der Waals surface area contributed by atoms with Crippen LogP contribution in [-0.2, 0) is 17.9 Å². The summed E-state index contributed by atoms with van der Waals surface area (Å²) in [4.78, 5) is 11.3. The van der Waals surface area contributed by atoms with E-state index < -0.39 is 5.97 Å². The van der Waals surface area contributed by atoms with Crippen LogP contribution in [0.5, 0.6) is 0 Å². The second-order valence-electron chi connectivity index (χ2n) is 4.01. The van der Waals surface area contributed by atoms with Crippen molar-refractivity contribution in [2.75, 3.05) is 12.4 Å². The number of carbonyl (C=O) groups excluding carboxylic acids is 1. The summed E-state index contributed by atoms with van der Waals surface area (Å²) in [5, 5.41) is 12.2. The maximum atomic E-state index is 11.3. The highest BCUT2D eigenvalue weighted by atomic mass is 16.5. The summed E-state index contributed by atoms with van der Waals surface area (Å²) >= 11 is 0. The predicted molar refractivity (Wildman–Crippen MR) is 69.7 cm³/mol. The molecule has 0 amide bonds. The molecule has 0 aliphatic rings. The Bertz CT molecular complexity index is 562. The largest absolute Gasteiger partial charge is 0.467 e. The second-order valence-corrected chi connectivity index (χ2v) is 4.01. The van der Waals surface area contributed by atoms with Crippen molar-refractivity contribution in [3.8, 4) is 0 Å². The van der Waals surface area contributed by atoms with Crippen LogP contribution in [0.3, 0.4) is 0 Å². The minimum atomic E-state index is -0.419. The molecule has 2 aromatic rings. The van der Waals surface area contributed by atoms with Gasteiger partial charge in [0.1, 0.15) is 12.0 Å². The molecule has 0 bridgehead atoms. The van der Waals surface area contributed by atoms with E-state index in [-0.39, 0.29) is 6.61 Å². The SMILES string of the molecule is COC(=O)c1coc(CNc2cccc(CO)c2)c1. The average Bonchev–Trinajstić information content (AvgIpc) is 2.93. The first-order valence-corrected chi connectivity index (χ1v) is 5.82. The number of furan rings is 1. The van der Waals surface area contributed by atoms with Crippen molar-refractivity contribution in [1.82, 2.24) is 0 Å². The summed E-state index contributed by atoms with van der Waals surface area (Å²) in [5.41, 5.74) is 2.10. The smallest absolute Gasteiger partial charge is 0.341 e. The van der Waals surface area contributed by atoms with E-state index in [1.807, 2.05) is 24.3 Å². The van der Waals surface area contributed by atoms with Gasteiger partial charge in [0.05, 0.1) is 25.8 Å². The highest BCUT2D eigenvalue weighted by Gasteiger charge is 2.09. The van der Waals surface area contributed by atoms with Crippen LogP contribution in [0, 0.1) is 0 Å². The van der Waals surface area contributed by atoms with Gasteiger partial charge in [0, 0.05) is 5.69 Å². The van der Waals surface area contributed by atoms with Gasteiger partial charge in [-0.1, -0.05) is 12.1 Å². The third-order valence-electron chi connectivity index (χ3n) is 2.65. The summed E-state index contributed by atoms with van der Waals surface area (Å²) in [5.74, 6) is 0.215. The lowest BCUT2D eigenvalue weighted by atomic mass is 10.2. The van der Waals surface area contributed by atoms with E-state index in [9.17, 15) is 4.79 Å². The summed E-state index contributed by atoms with van der Waals surface area (Å²) in [6.45, 7) is 0.453. The number of hydrogen-bond acceptors (Lipinski definition) is 5. The summed E-state index contributed by atoms with van der Waals surface area (Å²) in [6.07, 6.45) is 1.37. The number of aliphatic hydroxyl groups excluding tert-OH is 1. The van der Waals surface area contributed by atoms with Gasteiger partial charge in [-0.2, -0.15) is 0 Å². The molecule has 0 fully saturated rings. The van der Waals surface area contributed by atoms with Crippen molar-refractivity contribution in [2.45, 2.75) is 13.2 Å². The Balaban J connectivity index is 1.98. The average molecular weight is 261 g/mol. The molecule has 2 rings (SSSR count). The van der Waals surface area contributed by atoms with E-state index >= 15 is 0 Å². The molecule has 5 nitrogen and oxygen atoms in total. The van der Waals surface area contributed by atoms with E-state index in [4.69, 9.17) is 9.52 Å². The van der Waals surface area contributed by atoms with Crippen LogP contribution >= 0.6 is 0 Å². The molecular weight excluding hydrogens is 246 g/mol. The van der Waals surface area contributed by atoms with E-state index in [2.05, 4.69) is 10.1 Å². The van der Waals surface area contributed by atoms with Crippen LogP contribution < -0.4 is 5.32 Å². The Morgan fingerprint density at radius 2 is 2.26 bits per heavy atom. The van der Waals surface area contributed by atoms with Crippen LogP contribution in [0.2, 0.25) is 0 Å². The van der Waals surface area contributed by atoms with Gasteiger partial charge in [0.2, 0.25) is 0 Å². The first-order valence-electron chi connectivity index (χ1n) is 5.82. The zero-order chi connectivity index (χ0) is 13.7. The van der Waals surface area contributed by atoms with Gasteiger partial charge in [-0.05, 0) is 23.8 Å². The van der Waals surface area contributed by atoms with Crippen molar-refractivity contribution in [3.05, 3.63) is 53.5 Å². The molecule has 19 heavy (non-hydrogen) atoms. The zero-order valence-electron chi connectivity index (χ0n) is 10.6. The number of nitrogens with one attached hydrogen (secondary N) is 1. The van der Waals surface area contributed by atoms with Gasteiger partial charge < -0.3 is 19.6 Å². The molecule has 0 unspecified atom stereocenters. The second kappa shape index (κ2) is 6.06. The Hall–Kier alpha value is -2.27. The Morgan fingerprint density at radius 3 is 3.00 bits per heavy atom. The molecule has 0 aliphatic carbocycles. The van der Waals surface area contributed by atoms with Gasteiger partial charge in [-0.25, -0.2) is 4.79 Å². The third kappa shape index (κ3) is 3.35. The highest BCUT2D eigenvalue weighted by Crippen LogP contribution is 2.14. The fourth-order valence-corrected chi connectivity index (χ4v) is 1.67. The number of anilines is 1. The third-order valence-corrected chi connectivity index (χ3v) is 2.65. The Morgan fingerprint density at radius 1 is 1.42 bits per heavy atom. The maximum absolute atomic E-state index is 11.3. The van der Waals surface area contributed by atoms with Gasteiger partial charge in [0.15, 0.2) is 0 Å². The standard InChI is InChI=1S/C14H15NO4/c1-18-14(17)11-6-13(19-9-11)7-15-12-4-2-3-10(5-12)8-16/h2-6,9,15-16H,7-8H2,1H3. The van der Waals surface area contributed by atoms with Crippen LogP contribution in [0.1, 0.15) is 21.7 Å². The fourth-order valence-electron chi connectivity index (χ4n) is 1.67. The lowest BCUT2D eigenvalue weighted by molar-refractivity contribution is 0.0600. The monoisotopic (exact) mass is 261 g/mol. The lowest BCUT2D eigenvalue weighted by Crippen LogP contribution is -2.00. The molecule has 0 spiro atoms. The number of aliphatic hydroxyl groups is 1. The van der Waals surface area contributed by atoms with Gasteiger partial charge in [0.25, 0.3) is 0 Å². The summed E-state index contributed by atoms with van der Waals surface area (Å²) in [6, 6.07) is 9.07. The number of carbonyl (C=O) groups is 1. The molecular formula is C14H15NO4. The van der Waals surface area contributed by atoms with Gasteiger partial charge in [-0.15, -0.1) is 0 Å². The van der Waals surface area contributed by atoms with Crippen LogP contribution in [0.25, 0.3) is 0 Å². The molecule has 1 aromatic heterocycles. The summed E-state index contributed by atoms with van der Waals surface area (Å²) < 4.78 is 9.85. The quantitative estimate of drug-likeness (QED) is 0.807. The highest BCUT2D eigenvalue weighted by molar-refractivity contribution is 5.88. The van der Waals surface area contributed by atoms with Crippen molar-refractivity contribution >= 4 is 11.7 Å². The molecule has 5 heteroatoms. The molecule has 0 aliphatic heterocycles. The Labute approximate surface area is 110 Å². The number of ether oxygens (including phenoxy) is 1. The van der Waals surface area contributed by atoms with E-state index in [1.54, 1.807) is 6.07 Å². The normalized spacial score (nSPS) is 10.2. The number of esters is 1. The lowest BCUT2D eigenvalue weighted by Gasteiger charge is -2.05. The molecule has 0 atom stereocenters. The van der Waals surface area contributed by atoms with E-state index in [1.165, 1.54) is 13.4 Å². The predicted octanol–water partition coefficient (Wildman–Crippen LogP) is 2.17. The maximum Gasteiger partial charge on any atom is 0.341 e. The number of hydrogen-bond donors (Lipinski definition) is 2. The van der Waals surface area contributed by atoms with Crippen molar-refractivity contribution in [2.24, 2.45) is 0 Å². The minimum absolute atomic E-state index is 0.00274. The van der Waals surface area contributed by atoms with Gasteiger partial charge >= 0.3 is 5.97 Å². The molecule has 0 radical (unpaired) electrons. The number of methoxy groups -OCH3 is 1. The van der Waals surface area contributed by atoms with Crippen LogP contribution in [0.4, 0.5) is 5.69 Å². The van der Waals surface area contributed by atoms with Crippen LogP contribution in [0.15, 0.2) is 41.0 Å². The molecule has 1 heterocycles. The molecule has 2 N–H and O–H groups in total. The van der Waals surface area contributed by atoms with Gasteiger partial charge in [-0.3, -0.25) is 0 Å². The summed E-state index contributed by atoms with van der Waals surface area (Å²) in [7, 11) is 1.33. The first-order chi connectivity index (χ1) is 9.22. The van der Waals surface area contributed by atoms with Crippen molar-refractivity contribution in [1.29, 1.82) is 0 Å². The van der Waals surface area contributed by atoms with Crippen LogP contribution in [-0.4, -0.2) is 18.2 Å². The molecule has 100 valence electrons. The Kier molecular flexibility index (Phi) is 4.20. The fraction of sp³-hybridized carbons (Fsp3) is 0.214. The number of rotatable bonds is 5. The van der Waals surface area contributed by atoms with Crippen molar-refractivity contribution in [3.63, 3.8) is 0 Å². The van der Waals surface area contributed by atoms with E-state index in [0.717, 1.165) is 11.3 Å². The molecule has 0 saturated heterocycles. The molecule has 0 saturated carbocycles. The minimum Gasteiger partial charge on any atom is -0.467 e. The van der Waals surface area contributed by atoms with Crippen molar-refractivity contribution < 1.29 is 19.1 Å². The molecule has 1 aromatic carbocycles. The zero-order valence-corrected chi connectivity index (χ0v) is 10.6. The topological polar surface area (TPSA) is 71.7 Å². The van der Waals surface area contributed by atoms with E-state index in [0.29, 0.717) is 17.9 Å². The first kappa shape index (κ1) is 13.2. The number of benzene rings is 1.